The Labute approximate surface area is 146 Å². The van der Waals surface area contributed by atoms with E-state index in [9.17, 15) is 4.39 Å². The van der Waals surface area contributed by atoms with Gasteiger partial charge in [0.1, 0.15) is 5.82 Å². The Bertz CT molecular complexity index is 712. The van der Waals surface area contributed by atoms with E-state index in [-0.39, 0.29) is 5.82 Å². The maximum absolute atomic E-state index is 13.4. The smallest absolute Gasteiger partial charge is 0.191 e. The molecule has 0 aliphatic heterocycles. The molecular weight excluding hydrogens is 323 g/mol. The lowest BCUT2D eigenvalue weighted by Gasteiger charge is -2.17. The first-order valence-corrected chi connectivity index (χ1v) is 9.74. The van der Waals surface area contributed by atoms with Gasteiger partial charge in [0.15, 0.2) is 5.96 Å². The first-order valence-electron chi connectivity index (χ1n) is 8.45. The van der Waals surface area contributed by atoms with Crippen molar-refractivity contribution in [1.29, 1.82) is 0 Å². The maximum Gasteiger partial charge on any atom is 0.191 e. The third kappa shape index (κ3) is 4.04. The third-order valence-electron chi connectivity index (χ3n) is 4.70. The molecule has 1 heterocycles. The van der Waals surface area contributed by atoms with E-state index in [0.29, 0.717) is 6.04 Å². The normalized spacial score (nSPS) is 21.4. The van der Waals surface area contributed by atoms with Gasteiger partial charge in [0.25, 0.3) is 0 Å². The van der Waals surface area contributed by atoms with Crippen LogP contribution in [0, 0.1) is 5.82 Å². The molecular formula is C18H25FN4S. The summed E-state index contributed by atoms with van der Waals surface area (Å²) in [5.74, 6) is 0.658. The van der Waals surface area contributed by atoms with Crippen molar-refractivity contribution in [3.8, 4) is 0 Å². The number of guanidine groups is 1. The fourth-order valence-electron chi connectivity index (χ4n) is 3.35. The van der Waals surface area contributed by atoms with Crippen LogP contribution in [-0.4, -0.2) is 42.1 Å². The molecule has 0 amide bonds. The summed E-state index contributed by atoms with van der Waals surface area (Å²) in [6.45, 7) is 0.766. The minimum atomic E-state index is -0.196. The Morgan fingerprint density at radius 3 is 3.04 bits per heavy atom. The van der Waals surface area contributed by atoms with Gasteiger partial charge >= 0.3 is 0 Å². The molecule has 24 heavy (non-hydrogen) atoms. The number of aliphatic imine (C=N–C) groups is 1. The Hall–Kier alpha value is -1.69. The summed E-state index contributed by atoms with van der Waals surface area (Å²) in [5.41, 5.74) is 2.10. The van der Waals surface area contributed by atoms with Gasteiger partial charge in [-0.3, -0.25) is 4.99 Å². The molecule has 6 heteroatoms. The lowest BCUT2D eigenvalue weighted by molar-refractivity contribution is 0.614. The molecule has 1 aliphatic carbocycles. The van der Waals surface area contributed by atoms with E-state index in [1.54, 1.807) is 19.2 Å². The second-order valence-electron chi connectivity index (χ2n) is 6.26. The van der Waals surface area contributed by atoms with Crippen molar-refractivity contribution in [2.75, 3.05) is 19.8 Å². The van der Waals surface area contributed by atoms with Crippen molar-refractivity contribution in [1.82, 2.24) is 15.6 Å². The van der Waals surface area contributed by atoms with Crippen molar-refractivity contribution in [2.45, 2.75) is 37.0 Å². The van der Waals surface area contributed by atoms with Crippen LogP contribution in [0.4, 0.5) is 4.39 Å². The van der Waals surface area contributed by atoms with Gasteiger partial charge in [-0.2, -0.15) is 11.8 Å². The van der Waals surface area contributed by atoms with Crippen LogP contribution in [0.3, 0.4) is 0 Å². The minimum Gasteiger partial charge on any atom is -0.361 e. The fraction of sp³-hybridized carbons (Fsp3) is 0.500. The van der Waals surface area contributed by atoms with E-state index in [1.165, 1.54) is 25.3 Å². The molecule has 3 rings (SSSR count). The molecule has 1 aromatic heterocycles. The van der Waals surface area contributed by atoms with Gasteiger partial charge in [-0.1, -0.05) is 0 Å². The molecule has 2 aromatic rings. The number of hydrogen-bond donors (Lipinski definition) is 3. The Morgan fingerprint density at radius 1 is 1.42 bits per heavy atom. The number of benzene rings is 1. The van der Waals surface area contributed by atoms with E-state index >= 15 is 0 Å². The van der Waals surface area contributed by atoms with Gasteiger partial charge in [-0.05, 0) is 55.7 Å². The molecule has 130 valence electrons. The van der Waals surface area contributed by atoms with Crippen LogP contribution >= 0.6 is 11.8 Å². The number of H-pyrrole nitrogens is 1. The summed E-state index contributed by atoms with van der Waals surface area (Å²) in [4.78, 5) is 7.51. The molecule has 1 saturated carbocycles. The Balaban J connectivity index is 1.52. The van der Waals surface area contributed by atoms with Crippen LogP contribution in [0.15, 0.2) is 29.4 Å². The van der Waals surface area contributed by atoms with E-state index in [2.05, 4.69) is 26.9 Å². The summed E-state index contributed by atoms with van der Waals surface area (Å²) in [7, 11) is 1.80. The molecule has 0 bridgehead atoms. The zero-order valence-corrected chi connectivity index (χ0v) is 15.0. The van der Waals surface area contributed by atoms with Gasteiger partial charge in [0.2, 0.25) is 0 Å². The molecule has 2 atom stereocenters. The highest BCUT2D eigenvalue weighted by Crippen LogP contribution is 2.28. The van der Waals surface area contributed by atoms with E-state index in [1.807, 2.05) is 18.0 Å². The second-order valence-corrected chi connectivity index (χ2v) is 7.40. The molecule has 1 fully saturated rings. The topological polar surface area (TPSA) is 52.2 Å². The van der Waals surface area contributed by atoms with Crippen molar-refractivity contribution >= 4 is 28.6 Å². The predicted molar refractivity (Wildman–Crippen MR) is 101 cm³/mol. The SMILES string of the molecule is CN=C(NCCc1c[nH]c2ccc(F)cc12)NC1CCC(SC)C1. The summed E-state index contributed by atoms with van der Waals surface area (Å²) >= 11 is 1.95. The monoisotopic (exact) mass is 348 g/mol. The molecule has 0 spiro atoms. The van der Waals surface area contributed by atoms with Crippen LogP contribution < -0.4 is 10.6 Å². The number of fused-ring (bicyclic) bond motifs is 1. The highest BCUT2D eigenvalue weighted by molar-refractivity contribution is 7.99. The fourth-order valence-corrected chi connectivity index (χ4v) is 4.14. The average Bonchev–Trinajstić information content (AvgIpc) is 3.20. The second kappa shape index (κ2) is 7.92. The minimum absolute atomic E-state index is 0.196. The van der Waals surface area contributed by atoms with Gasteiger partial charge in [0, 0.05) is 42.0 Å². The predicted octanol–water partition coefficient (Wildman–Crippen LogP) is 3.30. The van der Waals surface area contributed by atoms with Gasteiger partial charge in [0.05, 0.1) is 0 Å². The Morgan fingerprint density at radius 2 is 2.29 bits per heavy atom. The highest BCUT2D eigenvalue weighted by atomic mass is 32.2. The molecule has 3 N–H and O–H groups in total. The molecule has 1 aromatic carbocycles. The first kappa shape index (κ1) is 17.1. The zero-order valence-electron chi connectivity index (χ0n) is 14.2. The van der Waals surface area contributed by atoms with Crippen molar-refractivity contribution < 1.29 is 4.39 Å². The number of aromatic nitrogens is 1. The van der Waals surface area contributed by atoms with Gasteiger partial charge < -0.3 is 15.6 Å². The number of rotatable bonds is 5. The summed E-state index contributed by atoms with van der Waals surface area (Å²) in [5, 5.41) is 8.61. The quantitative estimate of drug-likeness (QED) is 0.574. The standard InChI is InChI=1S/C18H25FN4S/c1-20-18(23-14-4-5-15(10-14)24-2)21-8-7-12-11-22-17-6-3-13(19)9-16(12)17/h3,6,9,11,14-15,22H,4-5,7-8,10H2,1-2H3,(H2,20,21,23). The number of thioether (sulfide) groups is 1. The third-order valence-corrected chi connectivity index (χ3v) is 5.79. The average molecular weight is 348 g/mol. The van der Waals surface area contributed by atoms with Crippen LogP contribution in [-0.2, 0) is 6.42 Å². The summed E-state index contributed by atoms with van der Waals surface area (Å²) < 4.78 is 13.4. The molecule has 2 unspecified atom stereocenters. The van der Waals surface area contributed by atoms with Crippen LogP contribution in [0.1, 0.15) is 24.8 Å². The number of nitrogens with zero attached hydrogens (tertiary/aromatic N) is 1. The Kier molecular flexibility index (Phi) is 5.66. The lowest BCUT2D eigenvalue weighted by atomic mass is 10.1. The van der Waals surface area contributed by atoms with Crippen molar-refractivity contribution in [2.24, 2.45) is 4.99 Å². The summed E-state index contributed by atoms with van der Waals surface area (Å²) in [6, 6.07) is 5.37. The highest BCUT2D eigenvalue weighted by Gasteiger charge is 2.24. The lowest BCUT2D eigenvalue weighted by Crippen LogP contribution is -2.43. The zero-order chi connectivity index (χ0) is 16.9. The van der Waals surface area contributed by atoms with E-state index in [4.69, 9.17) is 0 Å². The molecule has 0 saturated heterocycles. The summed E-state index contributed by atoms with van der Waals surface area (Å²) in [6.07, 6.45) is 8.64. The number of aromatic amines is 1. The first-order chi connectivity index (χ1) is 11.7. The number of hydrogen-bond acceptors (Lipinski definition) is 2. The van der Waals surface area contributed by atoms with Crippen molar-refractivity contribution in [3.63, 3.8) is 0 Å². The van der Waals surface area contributed by atoms with E-state index < -0.39 is 0 Å². The van der Waals surface area contributed by atoms with Gasteiger partial charge in [-0.15, -0.1) is 0 Å². The number of nitrogens with one attached hydrogen (secondary N) is 3. The van der Waals surface area contributed by atoms with Gasteiger partial charge in [-0.25, -0.2) is 4.39 Å². The largest absolute Gasteiger partial charge is 0.361 e. The van der Waals surface area contributed by atoms with E-state index in [0.717, 1.165) is 40.6 Å². The van der Waals surface area contributed by atoms with Crippen LogP contribution in [0.25, 0.3) is 10.9 Å². The van der Waals surface area contributed by atoms with Crippen molar-refractivity contribution in [3.05, 3.63) is 35.8 Å². The van der Waals surface area contributed by atoms with Crippen LogP contribution in [0.2, 0.25) is 0 Å². The molecule has 1 aliphatic rings. The maximum atomic E-state index is 13.4. The molecule has 4 nitrogen and oxygen atoms in total. The molecule has 0 radical (unpaired) electrons. The van der Waals surface area contributed by atoms with Crippen LogP contribution in [0.5, 0.6) is 0 Å². The number of halogens is 1.